The van der Waals surface area contributed by atoms with Crippen LogP contribution in [0.4, 0.5) is 0 Å². The van der Waals surface area contributed by atoms with Gasteiger partial charge in [-0.15, -0.1) is 0 Å². The van der Waals surface area contributed by atoms with Gasteiger partial charge < -0.3 is 23.9 Å². The van der Waals surface area contributed by atoms with Crippen LogP contribution in [0, 0.1) is 0 Å². The van der Waals surface area contributed by atoms with Crippen LogP contribution in [-0.2, 0) is 11.3 Å². The van der Waals surface area contributed by atoms with E-state index < -0.39 is 0 Å². The fraction of sp³-hybridized carbons (Fsp3) is 0.417. The summed E-state index contributed by atoms with van der Waals surface area (Å²) in [7, 11) is 0. The van der Waals surface area contributed by atoms with Crippen molar-refractivity contribution in [2.75, 3.05) is 39.4 Å². The van der Waals surface area contributed by atoms with E-state index in [0.29, 0.717) is 6.54 Å². The van der Waals surface area contributed by atoms with E-state index in [1.807, 2.05) is 30.5 Å². The van der Waals surface area contributed by atoms with Crippen molar-refractivity contribution in [2.45, 2.75) is 25.0 Å². The maximum absolute atomic E-state index is 5.82. The Morgan fingerprint density at radius 3 is 2.75 bits per heavy atom. The lowest BCUT2D eigenvalue weighted by Crippen LogP contribution is -2.39. The van der Waals surface area contributed by atoms with Gasteiger partial charge in [-0.2, -0.15) is 0 Å². The van der Waals surface area contributed by atoms with Crippen LogP contribution < -0.4 is 5.32 Å². The van der Waals surface area contributed by atoms with Crippen molar-refractivity contribution < 1.29 is 9.15 Å². The van der Waals surface area contributed by atoms with Gasteiger partial charge in [-0.3, -0.25) is 9.88 Å². The first-order valence-corrected chi connectivity index (χ1v) is 11.7. The summed E-state index contributed by atoms with van der Waals surface area (Å²) in [5, 5.41) is 4.35. The number of ether oxygens (including phenoxy) is 1. The van der Waals surface area contributed by atoms with Crippen LogP contribution in [0.2, 0.25) is 0 Å². The van der Waals surface area contributed by atoms with Gasteiger partial charge in [-0.05, 0) is 55.0 Å². The lowest BCUT2D eigenvalue weighted by molar-refractivity contribution is 0.0365. The second-order valence-electron chi connectivity index (χ2n) is 8.27. The summed E-state index contributed by atoms with van der Waals surface area (Å²) in [5.74, 6) is 0.934. The van der Waals surface area contributed by atoms with Crippen molar-refractivity contribution >= 4 is 17.3 Å². The smallest absolute Gasteiger partial charge is 0.170 e. The van der Waals surface area contributed by atoms with Crippen LogP contribution in [0.1, 0.15) is 35.7 Å². The average molecular weight is 452 g/mol. The van der Waals surface area contributed by atoms with E-state index in [1.165, 1.54) is 5.69 Å². The maximum atomic E-state index is 5.82. The third-order valence-corrected chi connectivity index (χ3v) is 6.60. The predicted octanol–water partition coefficient (Wildman–Crippen LogP) is 3.22. The van der Waals surface area contributed by atoms with Crippen molar-refractivity contribution in [1.82, 2.24) is 24.7 Å². The molecule has 1 N–H and O–H groups in total. The molecule has 168 valence electrons. The molecule has 2 aliphatic rings. The molecule has 2 unspecified atom stereocenters. The van der Waals surface area contributed by atoms with E-state index in [0.717, 1.165) is 62.4 Å². The van der Waals surface area contributed by atoms with Gasteiger partial charge in [0.1, 0.15) is 5.76 Å². The molecule has 0 aliphatic carbocycles. The van der Waals surface area contributed by atoms with Gasteiger partial charge in [0.05, 0.1) is 43.8 Å². The zero-order chi connectivity index (χ0) is 21.8. The molecule has 32 heavy (non-hydrogen) atoms. The van der Waals surface area contributed by atoms with E-state index in [9.17, 15) is 0 Å². The summed E-state index contributed by atoms with van der Waals surface area (Å²) < 4.78 is 13.3. The normalized spacial score (nSPS) is 21.8. The van der Waals surface area contributed by atoms with E-state index in [4.69, 9.17) is 21.4 Å². The molecule has 0 aromatic carbocycles. The predicted molar refractivity (Wildman–Crippen MR) is 126 cm³/mol. The van der Waals surface area contributed by atoms with Crippen LogP contribution in [0.3, 0.4) is 0 Å². The molecule has 2 fully saturated rings. The highest BCUT2D eigenvalue weighted by Gasteiger charge is 2.40. The standard InChI is InChI=1S/C24H29N5O2S/c32-24-26-22(20-7-1-2-9-25-20)23(29(24)12-5-10-27-13-16-30-17-14-27)21-8-3-11-28(21)18-19-6-4-15-31-19/h1-4,6-9,11,15,22-23H,5,10,12-14,16-18H2,(H,26,32). The van der Waals surface area contributed by atoms with Crippen LogP contribution in [0.5, 0.6) is 0 Å². The highest BCUT2D eigenvalue weighted by molar-refractivity contribution is 7.80. The van der Waals surface area contributed by atoms with Gasteiger partial charge in [0.2, 0.25) is 0 Å². The highest BCUT2D eigenvalue weighted by Crippen LogP contribution is 2.39. The first kappa shape index (κ1) is 21.2. The van der Waals surface area contributed by atoms with Gasteiger partial charge in [0.15, 0.2) is 5.11 Å². The number of nitrogens with one attached hydrogen (secondary N) is 1. The number of morpholine rings is 1. The van der Waals surface area contributed by atoms with Crippen LogP contribution in [0.25, 0.3) is 0 Å². The zero-order valence-electron chi connectivity index (χ0n) is 18.1. The summed E-state index contributed by atoms with van der Waals surface area (Å²) in [6, 6.07) is 14.3. The van der Waals surface area contributed by atoms with E-state index in [2.05, 4.69) is 49.1 Å². The second kappa shape index (κ2) is 9.85. The number of hydrogen-bond acceptors (Lipinski definition) is 5. The second-order valence-corrected chi connectivity index (χ2v) is 8.65. The molecule has 5 heterocycles. The van der Waals surface area contributed by atoms with Crippen LogP contribution in [-0.4, -0.2) is 63.9 Å². The maximum Gasteiger partial charge on any atom is 0.170 e. The Labute approximate surface area is 194 Å². The Kier molecular flexibility index (Phi) is 6.52. The average Bonchev–Trinajstić information content (AvgIpc) is 3.57. The van der Waals surface area contributed by atoms with Gasteiger partial charge in [0.25, 0.3) is 0 Å². The van der Waals surface area contributed by atoms with E-state index >= 15 is 0 Å². The van der Waals surface area contributed by atoms with Crippen molar-refractivity contribution in [3.8, 4) is 0 Å². The third kappa shape index (κ3) is 4.57. The molecular weight excluding hydrogens is 422 g/mol. The molecule has 0 spiro atoms. The Balaban J connectivity index is 1.39. The fourth-order valence-electron chi connectivity index (χ4n) is 4.67. The third-order valence-electron chi connectivity index (χ3n) is 6.25. The summed E-state index contributed by atoms with van der Waals surface area (Å²) in [6.07, 6.45) is 6.73. The molecule has 0 bridgehead atoms. The van der Waals surface area contributed by atoms with Gasteiger partial charge >= 0.3 is 0 Å². The summed E-state index contributed by atoms with van der Waals surface area (Å²) in [6.45, 7) is 6.31. The number of rotatable bonds is 8. The van der Waals surface area contributed by atoms with Crippen molar-refractivity contribution in [1.29, 1.82) is 0 Å². The van der Waals surface area contributed by atoms with Crippen molar-refractivity contribution in [3.63, 3.8) is 0 Å². The number of aromatic nitrogens is 2. The van der Waals surface area contributed by atoms with Gasteiger partial charge in [0, 0.05) is 44.3 Å². The Bertz CT molecular complexity index is 1000. The molecule has 7 nitrogen and oxygen atoms in total. The number of thiocarbonyl (C=S) groups is 1. The molecule has 5 rings (SSSR count). The molecule has 3 aromatic rings. The largest absolute Gasteiger partial charge is 0.467 e. The fourth-order valence-corrected chi connectivity index (χ4v) is 5.00. The number of pyridine rings is 1. The number of hydrogen-bond donors (Lipinski definition) is 1. The Morgan fingerprint density at radius 2 is 1.97 bits per heavy atom. The lowest BCUT2D eigenvalue weighted by atomic mass is 10.0. The monoisotopic (exact) mass is 451 g/mol. The topological polar surface area (TPSA) is 58.7 Å². The molecule has 0 amide bonds. The van der Waals surface area contributed by atoms with Gasteiger partial charge in [-0.25, -0.2) is 0 Å². The highest BCUT2D eigenvalue weighted by atomic mass is 32.1. The molecule has 2 atom stereocenters. The first-order valence-electron chi connectivity index (χ1n) is 11.3. The zero-order valence-corrected chi connectivity index (χ0v) is 18.9. The summed E-state index contributed by atoms with van der Waals surface area (Å²) in [4.78, 5) is 9.46. The molecule has 0 radical (unpaired) electrons. The van der Waals surface area contributed by atoms with Crippen LogP contribution in [0.15, 0.2) is 65.5 Å². The number of furan rings is 1. The quantitative estimate of drug-likeness (QED) is 0.528. The van der Waals surface area contributed by atoms with E-state index in [1.54, 1.807) is 6.26 Å². The molecular formula is C24H29N5O2S. The summed E-state index contributed by atoms with van der Waals surface area (Å²) >= 11 is 5.82. The molecule has 8 heteroatoms. The number of nitrogens with zero attached hydrogens (tertiary/aromatic N) is 4. The minimum Gasteiger partial charge on any atom is -0.467 e. The van der Waals surface area contributed by atoms with Crippen molar-refractivity contribution in [3.05, 3.63) is 78.3 Å². The molecule has 2 aliphatic heterocycles. The van der Waals surface area contributed by atoms with E-state index in [-0.39, 0.29) is 12.1 Å². The van der Waals surface area contributed by atoms with Crippen molar-refractivity contribution in [2.24, 2.45) is 0 Å². The van der Waals surface area contributed by atoms with Gasteiger partial charge in [-0.1, -0.05) is 6.07 Å². The molecule has 3 aromatic heterocycles. The Morgan fingerprint density at radius 1 is 1.06 bits per heavy atom. The minimum absolute atomic E-state index is 0.00247. The lowest BCUT2D eigenvalue weighted by Gasteiger charge is -2.31. The summed E-state index contributed by atoms with van der Waals surface area (Å²) in [5.41, 5.74) is 2.21. The molecule has 0 saturated carbocycles. The van der Waals surface area contributed by atoms with Crippen LogP contribution >= 0.6 is 12.2 Å². The minimum atomic E-state index is -0.00247. The molecule has 2 saturated heterocycles. The Hall–Kier alpha value is -2.68. The first-order chi connectivity index (χ1) is 15.8. The SMILES string of the molecule is S=C1NC(c2ccccn2)C(c2cccn2Cc2ccco2)N1CCCN1CCOCC1.